The van der Waals surface area contributed by atoms with Crippen LogP contribution < -0.4 is 5.32 Å². The van der Waals surface area contributed by atoms with Crippen LogP contribution >= 0.6 is 11.6 Å². The van der Waals surface area contributed by atoms with Gasteiger partial charge in [-0.2, -0.15) is 0 Å². The van der Waals surface area contributed by atoms with Crippen molar-refractivity contribution in [2.45, 2.75) is 18.9 Å². The maximum atomic E-state index is 13.6. The molecule has 0 aromatic heterocycles. The molecule has 3 aromatic carbocycles. The van der Waals surface area contributed by atoms with Gasteiger partial charge in [-0.1, -0.05) is 84.4 Å². The quantitative estimate of drug-likeness (QED) is 0.141. The Labute approximate surface area is 267 Å². The Morgan fingerprint density at radius 2 is 1.56 bits per heavy atom. The van der Waals surface area contributed by atoms with Gasteiger partial charge in [-0.05, 0) is 23.6 Å². The molecule has 1 N–H and O–H groups in total. The minimum atomic E-state index is -1.02. The number of dihydropyridines is 1. The fraction of sp³-hybridized carbons (Fsp3) is 0.294. The fourth-order valence-electron chi connectivity index (χ4n) is 6.00. The van der Waals surface area contributed by atoms with E-state index in [9.17, 15) is 19.7 Å². The summed E-state index contributed by atoms with van der Waals surface area (Å²) >= 11 is 6.42. The van der Waals surface area contributed by atoms with Crippen molar-refractivity contribution in [3.05, 3.63) is 134 Å². The number of carbonyl (C=O) groups is 2. The van der Waals surface area contributed by atoms with Crippen molar-refractivity contribution in [2.24, 2.45) is 0 Å². The molecule has 0 spiro atoms. The highest BCUT2D eigenvalue weighted by Crippen LogP contribution is 2.41. The van der Waals surface area contributed by atoms with Crippen LogP contribution in [0.4, 0.5) is 5.69 Å². The summed E-state index contributed by atoms with van der Waals surface area (Å²) in [6.07, 6.45) is 0. The lowest BCUT2D eigenvalue weighted by Crippen LogP contribution is -2.48. The van der Waals surface area contributed by atoms with Gasteiger partial charge in [-0.25, -0.2) is 9.59 Å². The maximum absolute atomic E-state index is 13.6. The Kier molecular flexibility index (Phi) is 10.3. The molecule has 0 saturated carbocycles. The van der Waals surface area contributed by atoms with E-state index < -0.39 is 22.8 Å². The van der Waals surface area contributed by atoms with E-state index in [1.165, 1.54) is 36.4 Å². The molecular weight excluding hydrogens is 596 g/mol. The van der Waals surface area contributed by atoms with Gasteiger partial charge in [0.1, 0.15) is 11.8 Å². The lowest BCUT2D eigenvalue weighted by molar-refractivity contribution is -0.384. The van der Waals surface area contributed by atoms with Gasteiger partial charge in [0.2, 0.25) is 0 Å². The van der Waals surface area contributed by atoms with Crippen LogP contribution in [0.5, 0.6) is 0 Å². The van der Waals surface area contributed by atoms with Crippen LogP contribution in [-0.4, -0.2) is 73.1 Å². The molecule has 1 atom stereocenters. The number of hydrogen-bond donors (Lipinski definition) is 1. The number of methoxy groups -OCH3 is 1. The molecule has 2 aliphatic heterocycles. The molecule has 45 heavy (non-hydrogen) atoms. The Balaban J connectivity index is 1.26. The van der Waals surface area contributed by atoms with Gasteiger partial charge in [-0.15, -0.1) is 0 Å². The first-order valence-electron chi connectivity index (χ1n) is 14.7. The van der Waals surface area contributed by atoms with Crippen LogP contribution in [0, 0.1) is 10.1 Å². The van der Waals surface area contributed by atoms with Gasteiger partial charge in [0, 0.05) is 50.6 Å². The Morgan fingerprint density at radius 3 is 2.13 bits per heavy atom. The first-order chi connectivity index (χ1) is 21.8. The number of allylic oxidation sites excluding steroid dienone is 1. The van der Waals surface area contributed by atoms with E-state index in [0.717, 1.165) is 26.2 Å². The van der Waals surface area contributed by atoms with E-state index >= 15 is 0 Å². The Bertz CT molecular complexity index is 1560. The van der Waals surface area contributed by atoms with Gasteiger partial charge in [0.15, 0.2) is 0 Å². The number of non-ortho nitro benzene ring substituents is 1. The van der Waals surface area contributed by atoms with E-state index in [1.54, 1.807) is 13.0 Å². The molecule has 2 heterocycles. The summed E-state index contributed by atoms with van der Waals surface area (Å²) in [5, 5.41) is 14.3. The number of benzene rings is 3. The fourth-order valence-corrected chi connectivity index (χ4v) is 6.33. The highest BCUT2D eigenvalue weighted by Gasteiger charge is 2.39. The van der Waals surface area contributed by atoms with Gasteiger partial charge < -0.3 is 14.8 Å². The summed E-state index contributed by atoms with van der Waals surface area (Å²) in [6, 6.07) is 26.9. The number of carbonyl (C=O) groups excluding carboxylic acids is 2. The SMILES string of the molecule is COC(=O)C1=C(Cl)NC(C)=C(C(=O)OCCN2CCN(C(c3ccccc3)c3ccccc3)CC2)C1c1cccc([N+](=O)[O-])c1. The molecule has 0 radical (unpaired) electrons. The van der Waals surface area contributed by atoms with Crippen molar-refractivity contribution in [1.29, 1.82) is 0 Å². The van der Waals surface area contributed by atoms with Crippen LogP contribution in [-0.2, 0) is 19.1 Å². The molecule has 0 amide bonds. The molecule has 1 saturated heterocycles. The standard InChI is InChI=1S/C34H35ClN4O6/c1-23-28(29(30(32(35)36-23)33(40)44-2)26-14-9-15-27(22-26)39(42)43)34(41)45-21-20-37-16-18-38(19-17-37)31(24-10-5-3-6-11-24)25-12-7-4-8-13-25/h3-15,22,29,31,36H,16-21H2,1-2H3. The van der Waals surface area contributed by atoms with Crippen LogP contribution in [0.2, 0.25) is 0 Å². The first-order valence-corrected chi connectivity index (χ1v) is 15.1. The third kappa shape index (κ3) is 7.25. The minimum absolute atomic E-state index is 0.0189. The van der Waals surface area contributed by atoms with Crippen LogP contribution in [0.1, 0.15) is 35.6 Å². The largest absolute Gasteiger partial charge is 0.466 e. The zero-order chi connectivity index (χ0) is 31.9. The van der Waals surface area contributed by atoms with Gasteiger partial charge in [-0.3, -0.25) is 19.9 Å². The predicted octanol–water partition coefficient (Wildman–Crippen LogP) is 5.13. The van der Waals surface area contributed by atoms with Crippen molar-refractivity contribution in [3.63, 3.8) is 0 Å². The first kappa shape index (κ1) is 31.9. The van der Waals surface area contributed by atoms with Crippen LogP contribution in [0.15, 0.2) is 107 Å². The number of nitrogens with zero attached hydrogens (tertiary/aromatic N) is 3. The van der Waals surface area contributed by atoms with Crippen LogP contribution in [0.25, 0.3) is 0 Å². The number of nitrogens with one attached hydrogen (secondary N) is 1. The number of esters is 2. The van der Waals surface area contributed by atoms with Crippen LogP contribution in [0.3, 0.4) is 0 Å². The van der Waals surface area contributed by atoms with Gasteiger partial charge in [0.25, 0.3) is 5.69 Å². The van der Waals surface area contributed by atoms with Crippen molar-refractivity contribution in [2.75, 3.05) is 46.4 Å². The van der Waals surface area contributed by atoms with Gasteiger partial charge in [0.05, 0.1) is 35.1 Å². The molecule has 234 valence electrons. The topological polar surface area (TPSA) is 114 Å². The zero-order valence-corrected chi connectivity index (χ0v) is 25.9. The predicted molar refractivity (Wildman–Crippen MR) is 170 cm³/mol. The Morgan fingerprint density at radius 1 is 0.933 bits per heavy atom. The molecular formula is C34H35ClN4O6. The second kappa shape index (κ2) is 14.5. The molecule has 2 aliphatic rings. The summed E-state index contributed by atoms with van der Waals surface area (Å²) in [6.45, 7) is 5.60. The van der Waals surface area contributed by atoms with Crippen molar-refractivity contribution in [1.82, 2.24) is 15.1 Å². The molecule has 3 aromatic rings. The second-order valence-electron chi connectivity index (χ2n) is 10.9. The maximum Gasteiger partial charge on any atom is 0.337 e. The molecule has 1 unspecified atom stereocenters. The molecule has 10 nitrogen and oxygen atoms in total. The minimum Gasteiger partial charge on any atom is -0.466 e. The van der Waals surface area contributed by atoms with Crippen molar-refractivity contribution in [3.8, 4) is 0 Å². The number of rotatable bonds is 10. The number of nitro benzene ring substituents is 1. The monoisotopic (exact) mass is 630 g/mol. The summed E-state index contributed by atoms with van der Waals surface area (Å²) in [5.41, 5.74) is 3.15. The van der Waals surface area contributed by atoms with E-state index in [0.29, 0.717) is 17.8 Å². The zero-order valence-electron chi connectivity index (χ0n) is 25.1. The smallest absolute Gasteiger partial charge is 0.337 e. The molecule has 1 fully saturated rings. The van der Waals surface area contributed by atoms with E-state index in [2.05, 4.69) is 63.6 Å². The third-order valence-electron chi connectivity index (χ3n) is 8.20. The average Bonchev–Trinajstić information content (AvgIpc) is 3.06. The summed E-state index contributed by atoms with van der Waals surface area (Å²) in [5.74, 6) is -2.42. The number of hydrogen-bond acceptors (Lipinski definition) is 9. The lowest BCUT2D eigenvalue weighted by atomic mass is 9.82. The highest BCUT2D eigenvalue weighted by molar-refractivity contribution is 6.32. The molecule has 5 rings (SSSR count). The molecule has 0 aliphatic carbocycles. The summed E-state index contributed by atoms with van der Waals surface area (Å²) in [4.78, 5) is 42.1. The lowest BCUT2D eigenvalue weighted by Gasteiger charge is -2.39. The van der Waals surface area contributed by atoms with E-state index in [4.69, 9.17) is 21.1 Å². The average molecular weight is 631 g/mol. The number of nitro groups is 1. The molecule has 11 heteroatoms. The second-order valence-corrected chi connectivity index (χ2v) is 11.3. The Hall–Kier alpha value is -4.51. The normalized spacial score (nSPS) is 17.6. The van der Waals surface area contributed by atoms with Crippen molar-refractivity contribution < 1.29 is 24.0 Å². The van der Waals surface area contributed by atoms with E-state index in [1.807, 2.05) is 12.1 Å². The molecule has 0 bridgehead atoms. The number of ether oxygens (including phenoxy) is 2. The van der Waals surface area contributed by atoms with E-state index in [-0.39, 0.29) is 34.6 Å². The number of piperazine rings is 1. The summed E-state index contributed by atoms with van der Waals surface area (Å²) in [7, 11) is 1.20. The summed E-state index contributed by atoms with van der Waals surface area (Å²) < 4.78 is 10.7. The number of halogens is 1. The van der Waals surface area contributed by atoms with Crippen molar-refractivity contribution >= 4 is 29.2 Å². The third-order valence-corrected chi connectivity index (χ3v) is 8.50. The van der Waals surface area contributed by atoms with Gasteiger partial charge >= 0.3 is 11.9 Å². The highest BCUT2D eigenvalue weighted by atomic mass is 35.5.